The van der Waals surface area contributed by atoms with Crippen LogP contribution in [-0.2, 0) is 14.3 Å². The van der Waals surface area contributed by atoms with Crippen molar-refractivity contribution < 1.29 is 19.4 Å². The van der Waals surface area contributed by atoms with Crippen molar-refractivity contribution in [3.63, 3.8) is 0 Å². The maximum atomic E-state index is 12.8. The van der Waals surface area contributed by atoms with Gasteiger partial charge in [-0.2, -0.15) is 0 Å². The van der Waals surface area contributed by atoms with Gasteiger partial charge in [0.1, 0.15) is 5.76 Å². The number of rotatable bonds is 6. The van der Waals surface area contributed by atoms with Crippen LogP contribution < -0.4 is 0 Å². The SMILES string of the molecule is Cc1ccsc1C1/C(=C(/O)c2ccc(Cl)cc2)C(=O)C(=O)N1CCOC(C)C. The summed E-state index contributed by atoms with van der Waals surface area (Å²) >= 11 is 7.39. The third kappa shape index (κ3) is 3.99. The topological polar surface area (TPSA) is 66.8 Å². The Balaban J connectivity index is 2.07. The van der Waals surface area contributed by atoms with Gasteiger partial charge in [0.15, 0.2) is 0 Å². The van der Waals surface area contributed by atoms with Crippen LogP contribution in [0.25, 0.3) is 5.76 Å². The quantitative estimate of drug-likeness (QED) is 0.423. The van der Waals surface area contributed by atoms with Crippen molar-refractivity contribution >= 4 is 40.4 Å². The molecule has 1 aliphatic rings. The maximum Gasteiger partial charge on any atom is 0.295 e. The number of aryl methyl sites for hydroxylation is 1. The van der Waals surface area contributed by atoms with Crippen molar-refractivity contribution in [1.82, 2.24) is 4.90 Å². The van der Waals surface area contributed by atoms with E-state index in [9.17, 15) is 14.7 Å². The minimum absolute atomic E-state index is 0.0211. The van der Waals surface area contributed by atoms with E-state index in [0.29, 0.717) is 17.2 Å². The number of carbonyl (C=O) groups excluding carboxylic acids is 2. The van der Waals surface area contributed by atoms with Crippen molar-refractivity contribution in [2.24, 2.45) is 0 Å². The number of amides is 1. The number of hydrogen-bond donors (Lipinski definition) is 1. The molecule has 1 unspecified atom stereocenters. The summed E-state index contributed by atoms with van der Waals surface area (Å²) in [5.74, 6) is -1.50. The van der Waals surface area contributed by atoms with Crippen molar-refractivity contribution in [2.75, 3.05) is 13.2 Å². The molecular formula is C21H22ClNO4S. The van der Waals surface area contributed by atoms with Crippen LogP contribution in [0.5, 0.6) is 0 Å². The molecule has 148 valence electrons. The number of thiophene rings is 1. The molecule has 1 saturated heterocycles. The van der Waals surface area contributed by atoms with E-state index in [2.05, 4.69) is 0 Å². The Labute approximate surface area is 173 Å². The molecule has 0 bridgehead atoms. The second-order valence-corrected chi connectivity index (χ2v) is 8.27. The van der Waals surface area contributed by atoms with Gasteiger partial charge < -0.3 is 14.7 Å². The number of hydrogen-bond acceptors (Lipinski definition) is 5. The number of benzene rings is 1. The molecule has 2 aromatic rings. The van der Waals surface area contributed by atoms with Crippen molar-refractivity contribution in [3.8, 4) is 0 Å². The Hall–Kier alpha value is -2.15. The summed E-state index contributed by atoms with van der Waals surface area (Å²) in [6.45, 7) is 6.33. The summed E-state index contributed by atoms with van der Waals surface area (Å²) in [6.07, 6.45) is 0.0211. The Morgan fingerprint density at radius 2 is 1.93 bits per heavy atom. The fourth-order valence-corrected chi connectivity index (χ4v) is 4.37. The first-order valence-corrected chi connectivity index (χ1v) is 10.3. The number of aliphatic hydroxyl groups excluding tert-OH is 1. The van der Waals surface area contributed by atoms with Gasteiger partial charge in [-0.05, 0) is 62.0 Å². The van der Waals surface area contributed by atoms with Crippen LogP contribution in [0.2, 0.25) is 5.02 Å². The van der Waals surface area contributed by atoms with Crippen LogP contribution in [0.1, 0.15) is 35.9 Å². The summed E-state index contributed by atoms with van der Waals surface area (Å²) in [5.41, 5.74) is 1.51. The van der Waals surface area contributed by atoms with Gasteiger partial charge in [0.05, 0.1) is 24.3 Å². The number of carbonyl (C=O) groups is 2. The smallest absolute Gasteiger partial charge is 0.295 e. The van der Waals surface area contributed by atoms with E-state index < -0.39 is 17.7 Å². The molecule has 0 spiro atoms. The Morgan fingerprint density at radius 1 is 1.25 bits per heavy atom. The largest absolute Gasteiger partial charge is 0.507 e. The number of halogens is 1. The zero-order valence-electron chi connectivity index (χ0n) is 15.9. The zero-order chi connectivity index (χ0) is 20.4. The highest BCUT2D eigenvalue weighted by molar-refractivity contribution is 7.10. The zero-order valence-corrected chi connectivity index (χ0v) is 17.5. The lowest BCUT2D eigenvalue weighted by Crippen LogP contribution is -2.33. The molecule has 1 aromatic carbocycles. The molecule has 1 aromatic heterocycles. The lowest BCUT2D eigenvalue weighted by atomic mass is 9.98. The second-order valence-electron chi connectivity index (χ2n) is 6.89. The molecule has 2 heterocycles. The molecule has 1 fully saturated rings. The fraction of sp³-hybridized carbons (Fsp3) is 0.333. The van der Waals surface area contributed by atoms with Crippen molar-refractivity contribution in [2.45, 2.75) is 32.9 Å². The Kier molecular flexibility index (Phi) is 6.23. The molecule has 1 amide bonds. The first kappa shape index (κ1) is 20.6. The predicted molar refractivity (Wildman–Crippen MR) is 111 cm³/mol. The van der Waals surface area contributed by atoms with Crippen LogP contribution in [0.3, 0.4) is 0 Å². The van der Waals surface area contributed by atoms with Crippen LogP contribution in [0, 0.1) is 6.92 Å². The predicted octanol–water partition coefficient (Wildman–Crippen LogP) is 4.56. The first-order chi connectivity index (χ1) is 13.3. The molecule has 1 N–H and O–H groups in total. The Bertz CT molecular complexity index is 917. The van der Waals surface area contributed by atoms with Gasteiger partial charge in [0.2, 0.25) is 0 Å². The van der Waals surface area contributed by atoms with Crippen LogP contribution in [0.15, 0.2) is 41.3 Å². The number of likely N-dealkylation sites (tertiary alicyclic amines) is 1. The lowest BCUT2D eigenvalue weighted by molar-refractivity contribution is -0.140. The van der Waals surface area contributed by atoms with E-state index in [4.69, 9.17) is 16.3 Å². The minimum Gasteiger partial charge on any atom is -0.507 e. The van der Waals surface area contributed by atoms with Crippen LogP contribution in [0.4, 0.5) is 0 Å². The summed E-state index contributed by atoms with van der Waals surface area (Å²) in [7, 11) is 0. The third-order valence-electron chi connectivity index (χ3n) is 4.59. The molecule has 0 aliphatic carbocycles. The molecule has 0 radical (unpaired) electrons. The van der Waals surface area contributed by atoms with Gasteiger partial charge in [0.25, 0.3) is 11.7 Å². The standard InChI is InChI=1S/C21H22ClNO4S/c1-12(2)27-10-9-23-17(20-13(3)8-11-28-20)16(19(25)21(23)26)18(24)14-4-6-15(22)7-5-14/h4-8,11-12,17,24H,9-10H2,1-3H3/b18-16-. The summed E-state index contributed by atoms with van der Waals surface area (Å²) in [5, 5.41) is 13.3. The highest BCUT2D eigenvalue weighted by atomic mass is 35.5. The molecule has 7 heteroatoms. The highest BCUT2D eigenvalue weighted by Gasteiger charge is 2.46. The van der Waals surface area contributed by atoms with E-state index in [-0.39, 0.29) is 24.0 Å². The van der Waals surface area contributed by atoms with E-state index in [1.807, 2.05) is 32.2 Å². The molecular weight excluding hydrogens is 398 g/mol. The van der Waals surface area contributed by atoms with Crippen molar-refractivity contribution in [3.05, 3.63) is 62.3 Å². The van der Waals surface area contributed by atoms with Gasteiger partial charge in [-0.3, -0.25) is 9.59 Å². The lowest BCUT2D eigenvalue weighted by Gasteiger charge is -2.25. The van der Waals surface area contributed by atoms with Gasteiger partial charge in [-0.25, -0.2) is 0 Å². The van der Waals surface area contributed by atoms with E-state index in [1.54, 1.807) is 24.3 Å². The van der Waals surface area contributed by atoms with Crippen LogP contribution in [-0.4, -0.2) is 41.0 Å². The molecule has 1 aliphatic heterocycles. The van der Waals surface area contributed by atoms with Crippen LogP contribution >= 0.6 is 22.9 Å². The second kappa shape index (κ2) is 8.47. The van der Waals surface area contributed by atoms with E-state index in [1.165, 1.54) is 16.2 Å². The third-order valence-corrected chi connectivity index (χ3v) is 5.91. The van der Waals surface area contributed by atoms with Crippen molar-refractivity contribution in [1.29, 1.82) is 0 Å². The average Bonchev–Trinajstić information content (AvgIpc) is 3.17. The molecule has 0 saturated carbocycles. The van der Waals surface area contributed by atoms with Gasteiger partial charge in [-0.1, -0.05) is 11.6 Å². The molecule has 3 rings (SSSR count). The summed E-state index contributed by atoms with van der Waals surface area (Å²) in [6, 6.07) is 7.83. The number of ether oxygens (including phenoxy) is 1. The number of aliphatic hydroxyl groups is 1. The first-order valence-electron chi connectivity index (χ1n) is 9.01. The summed E-state index contributed by atoms with van der Waals surface area (Å²) in [4.78, 5) is 27.9. The van der Waals surface area contributed by atoms with Gasteiger partial charge >= 0.3 is 0 Å². The van der Waals surface area contributed by atoms with E-state index in [0.717, 1.165) is 10.4 Å². The average molecular weight is 420 g/mol. The highest BCUT2D eigenvalue weighted by Crippen LogP contribution is 2.42. The Morgan fingerprint density at radius 3 is 2.50 bits per heavy atom. The molecule has 1 atom stereocenters. The number of ketones is 1. The molecule has 28 heavy (non-hydrogen) atoms. The molecule has 5 nitrogen and oxygen atoms in total. The maximum absolute atomic E-state index is 12.8. The van der Waals surface area contributed by atoms with E-state index >= 15 is 0 Å². The summed E-state index contributed by atoms with van der Waals surface area (Å²) < 4.78 is 5.58. The minimum atomic E-state index is -0.685. The van der Waals surface area contributed by atoms with Gasteiger partial charge in [-0.15, -0.1) is 11.3 Å². The fourth-order valence-electron chi connectivity index (χ4n) is 3.20. The number of nitrogens with zero attached hydrogens (tertiary/aromatic N) is 1. The number of Topliss-reactive ketones (excluding diaryl/α,β-unsaturated/α-hetero) is 1. The normalized spacial score (nSPS) is 19.0. The van der Waals surface area contributed by atoms with Gasteiger partial charge in [0, 0.05) is 22.0 Å². The monoisotopic (exact) mass is 419 g/mol.